The Kier molecular flexibility index (Phi) is 4.75. The van der Waals surface area contributed by atoms with E-state index < -0.39 is 5.97 Å². The lowest BCUT2D eigenvalue weighted by molar-refractivity contribution is 0.0697. The van der Waals surface area contributed by atoms with E-state index >= 15 is 0 Å². The number of carboxylic acid groups (broad SMARTS) is 1. The van der Waals surface area contributed by atoms with Crippen LogP contribution in [0.1, 0.15) is 15.9 Å². The zero-order valence-corrected chi connectivity index (χ0v) is 9.87. The molecule has 0 aliphatic rings. The molecule has 2 rings (SSSR count). The van der Waals surface area contributed by atoms with Gasteiger partial charge >= 0.3 is 5.97 Å². The van der Waals surface area contributed by atoms with Gasteiger partial charge in [0.25, 0.3) is 0 Å². The highest BCUT2D eigenvalue weighted by atomic mass is 16.4. The third-order valence-electron chi connectivity index (χ3n) is 2.20. The Balaban J connectivity index is 0.000000180. The molecule has 0 atom stereocenters. The van der Waals surface area contributed by atoms with Crippen LogP contribution in [0.4, 0.5) is 0 Å². The van der Waals surface area contributed by atoms with Gasteiger partial charge in [0.05, 0.1) is 5.56 Å². The zero-order valence-electron chi connectivity index (χ0n) is 9.87. The molecule has 18 heavy (non-hydrogen) atoms. The average molecular weight is 246 g/mol. The normalized spacial score (nSPS) is 9.17. The molecule has 0 radical (unpaired) electrons. The minimum atomic E-state index is -0.879. The summed E-state index contributed by atoms with van der Waals surface area (Å²) in [4.78, 5) is 10.2. The molecule has 2 aromatic carbocycles. The standard InChI is InChI=1S/C7H8O2.C7H6O2/c1-5-4-6(8)2-3-7(5)9;8-7(9)6-4-2-1-3-5-6/h2-4,8-9H,1H3;1-5H,(H,8,9). The lowest BCUT2D eigenvalue weighted by Gasteiger charge is -1.96. The smallest absolute Gasteiger partial charge is 0.335 e. The Morgan fingerprint density at radius 2 is 1.61 bits per heavy atom. The summed E-state index contributed by atoms with van der Waals surface area (Å²) in [5.74, 6) is -0.478. The van der Waals surface area contributed by atoms with Gasteiger partial charge in [-0.3, -0.25) is 0 Å². The highest BCUT2D eigenvalue weighted by Gasteiger charge is 1.96. The third kappa shape index (κ3) is 4.17. The van der Waals surface area contributed by atoms with Crippen LogP contribution < -0.4 is 0 Å². The van der Waals surface area contributed by atoms with E-state index in [0.29, 0.717) is 11.1 Å². The quantitative estimate of drug-likeness (QED) is 0.676. The van der Waals surface area contributed by atoms with E-state index in [9.17, 15) is 4.79 Å². The van der Waals surface area contributed by atoms with E-state index in [1.807, 2.05) is 0 Å². The van der Waals surface area contributed by atoms with Crippen molar-refractivity contribution < 1.29 is 20.1 Å². The molecular weight excluding hydrogens is 232 g/mol. The van der Waals surface area contributed by atoms with Crippen LogP contribution in [-0.2, 0) is 0 Å². The van der Waals surface area contributed by atoms with E-state index in [4.69, 9.17) is 15.3 Å². The molecule has 3 N–H and O–H groups in total. The first-order chi connectivity index (χ1) is 8.50. The summed E-state index contributed by atoms with van der Waals surface area (Å²) in [6.45, 7) is 1.73. The van der Waals surface area contributed by atoms with Crippen molar-refractivity contribution in [2.45, 2.75) is 6.92 Å². The Bertz CT molecular complexity index is 521. The van der Waals surface area contributed by atoms with Gasteiger partial charge < -0.3 is 15.3 Å². The lowest BCUT2D eigenvalue weighted by Crippen LogP contribution is -1.93. The predicted molar refractivity (Wildman–Crippen MR) is 67.9 cm³/mol. The van der Waals surface area contributed by atoms with Crippen LogP contribution in [0.2, 0.25) is 0 Å². The van der Waals surface area contributed by atoms with Crippen LogP contribution in [0.25, 0.3) is 0 Å². The Morgan fingerprint density at radius 1 is 1.00 bits per heavy atom. The van der Waals surface area contributed by atoms with Gasteiger partial charge in [0.2, 0.25) is 0 Å². The lowest BCUT2D eigenvalue weighted by atomic mass is 10.2. The number of benzene rings is 2. The molecule has 94 valence electrons. The van der Waals surface area contributed by atoms with Gasteiger partial charge in [-0.1, -0.05) is 18.2 Å². The first-order valence-corrected chi connectivity index (χ1v) is 5.27. The van der Waals surface area contributed by atoms with Gasteiger partial charge in [0, 0.05) is 0 Å². The van der Waals surface area contributed by atoms with Crippen LogP contribution in [0.3, 0.4) is 0 Å². The van der Waals surface area contributed by atoms with Crippen LogP contribution in [0.15, 0.2) is 48.5 Å². The summed E-state index contributed by atoms with van der Waals surface area (Å²) < 4.78 is 0. The van der Waals surface area contributed by atoms with Crippen LogP contribution >= 0.6 is 0 Å². The summed E-state index contributed by atoms with van der Waals surface area (Å²) in [6.07, 6.45) is 0. The Morgan fingerprint density at radius 3 is 2.00 bits per heavy atom. The summed E-state index contributed by atoms with van der Waals surface area (Å²) in [5.41, 5.74) is 1.02. The third-order valence-corrected chi connectivity index (χ3v) is 2.20. The monoisotopic (exact) mass is 246 g/mol. The predicted octanol–water partition coefficient (Wildman–Crippen LogP) is 2.79. The SMILES string of the molecule is Cc1cc(O)ccc1O.O=C(O)c1ccccc1. The first kappa shape index (κ1) is 13.6. The van der Waals surface area contributed by atoms with Crippen molar-refractivity contribution in [1.29, 1.82) is 0 Å². The zero-order chi connectivity index (χ0) is 13.5. The Hall–Kier alpha value is -2.49. The maximum Gasteiger partial charge on any atom is 0.335 e. The number of aryl methyl sites for hydroxylation is 1. The van der Waals surface area contributed by atoms with Gasteiger partial charge in [-0.25, -0.2) is 4.79 Å². The summed E-state index contributed by atoms with van der Waals surface area (Å²) in [6, 6.07) is 12.7. The second-order valence-corrected chi connectivity index (χ2v) is 3.64. The fourth-order valence-electron chi connectivity index (χ4n) is 1.22. The number of hydrogen-bond donors (Lipinski definition) is 3. The van der Waals surface area contributed by atoms with Crippen molar-refractivity contribution >= 4 is 5.97 Å². The molecule has 0 amide bonds. The molecule has 0 bridgehead atoms. The number of aromatic hydroxyl groups is 2. The summed E-state index contributed by atoms with van der Waals surface area (Å²) >= 11 is 0. The minimum Gasteiger partial charge on any atom is -0.508 e. The molecule has 0 saturated carbocycles. The average Bonchev–Trinajstić information content (AvgIpc) is 2.36. The molecule has 2 aromatic rings. The second-order valence-electron chi connectivity index (χ2n) is 3.64. The fraction of sp³-hybridized carbons (Fsp3) is 0.0714. The van der Waals surface area contributed by atoms with E-state index in [-0.39, 0.29) is 11.5 Å². The van der Waals surface area contributed by atoms with Crippen molar-refractivity contribution in [3.8, 4) is 11.5 Å². The molecule has 0 aromatic heterocycles. The number of phenols is 2. The topological polar surface area (TPSA) is 77.8 Å². The highest BCUT2D eigenvalue weighted by Crippen LogP contribution is 2.19. The van der Waals surface area contributed by atoms with Gasteiger partial charge in [-0.2, -0.15) is 0 Å². The molecule has 0 heterocycles. The van der Waals surface area contributed by atoms with Gasteiger partial charge in [0.1, 0.15) is 11.5 Å². The van der Waals surface area contributed by atoms with Crippen LogP contribution in [0.5, 0.6) is 11.5 Å². The molecule has 0 spiro atoms. The number of phenolic OH excluding ortho intramolecular Hbond substituents is 2. The molecule has 0 fully saturated rings. The summed E-state index contributed by atoms with van der Waals surface area (Å²) in [5, 5.41) is 26.1. The number of carboxylic acids is 1. The van der Waals surface area contributed by atoms with E-state index in [1.165, 1.54) is 18.2 Å². The van der Waals surface area contributed by atoms with Crippen LogP contribution in [-0.4, -0.2) is 21.3 Å². The Labute approximate surface area is 105 Å². The molecule has 0 aliphatic carbocycles. The van der Waals surface area contributed by atoms with Crippen molar-refractivity contribution in [3.05, 3.63) is 59.7 Å². The first-order valence-electron chi connectivity index (χ1n) is 5.27. The van der Waals surface area contributed by atoms with E-state index in [2.05, 4.69) is 0 Å². The summed E-state index contributed by atoms with van der Waals surface area (Å²) in [7, 11) is 0. The minimum absolute atomic E-state index is 0.185. The second kappa shape index (κ2) is 6.30. The van der Waals surface area contributed by atoms with Crippen molar-refractivity contribution in [2.75, 3.05) is 0 Å². The maximum atomic E-state index is 10.2. The van der Waals surface area contributed by atoms with Gasteiger partial charge in [-0.05, 0) is 42.8 Å². The van der Waals surface area contributed by atoms with Crippen molar-refractivity contribution in [2.24, 2.45) is 0 Å². The number of hydrogen-bond acceptors (Lipinski definition) is 3. The molecule has 4 nitrogen and oxygen atoms in total. The number of aromatic carboxylic acids is 1. The molecule has 0 saturated heterocycles. The van der Waals surface area contributed by atoms with E-state index in [0.717, 1.165) is 0 Å². The number of carbonyl (C=O) groups is 1. The largest absolute Gasteiger partial charge is 0.508 e. The van der Waals surface area contributed by atoms with Gasteiger partial charge in [-0.15, -0.1) is 0 Å². The molecule has 4 heteroatoms. The fourth-order valence-corrected chi connectivity index (χ4v) is 1.22. The molecular formula is C14H14O4. The van der Waals surface area contributed by atoms with Crippen molar-refractivity contribution in [1.82, 2.24) is 0 Å². The van der Waals surface area contributed by atoms with Crippen molar-refractivity contribution in [3.63, 3.8) is 0 Å². The maximum absolute atomic E-state index is 10.2. The molecule has 0 unspecified atom stereocenters. The van der Waals surface area contributed by atoms with Crippen LogP contribution in [0, 0.1) is 6.92 Å². The van der Waals surface area contributed by atoms with E-state index in [1.54, 1.807) is 37.3 Å². The molecule has 0 aliphatic heterocycles. The number of rotatable bonds is 1. The van der Waals surface area contributed by atoms with Gasteiger partial charge in [0.15, 0.2) is 0 Å². The highest BCUT2D eigenvalue weighted by molar-refractivity contribution is 5.87.